The molecule has 3 aromatic rings. The lowest BCUT2D eigenvalue weighted by Gasteiger charge is -2.07. The second kappa shape index (κ2) is 9.44. The van der Waals surface area contributed by atoms with Crippen LogP contribution in [0.25, 0.3) is 10.8 Å². The van der Waals surface area contributed by atoms with Gasteiger partial charge in [-0.3, -0.25) is 9.59 Å². The first kappa shape index (κ1) is 19.3. The van der Waals surface area contributed by atoms with E-state index in [-0.39, 0.29) is 18.3 Å². The molecular formula is C21H18ClNO3S. The van der Waals surface area contributed by atoms with Crippen LogP contribution in [0.5, 0.6) is 0 Å². The molecule has 0 aliphatic heterocycles. The van der Waals surface area contributed by atoms with E-state index in [0.29, 0.717) is 11.6 Å². The fourth-order valence-electron chi connectivity index (χ4n) is 2.44. The van der Waals surface area contributed by atoms with Gasteiger partial charge in [0.2, 0.25) is 0 Å². The predicted molar refractivity (Wildman–Crippen MR) is 109 cm³/mol. The molecule has 0 bridgehead atoms. The van der Waals surface area contributed by atoms with Crippen LogP contribution in [0.2, 0.25) is 5.02 Å². The SMILES string of the molecule is O=C(COC(=O)CSc1ccc2ccccc2c1)NCc1ccc(Cl)cc1. The summed E-state index contributed by atoms with van der Waals surface area (Å²) in [6, 6.07) is 21.2. The van der Waals surface area contributed by atoms with Crippen LogP contribution in [-0.4, -0.2) is 24.2 Å². The highest BCUT2D eigenvalue weighted by molar-refractivity contribution is 8.00. The Balaban J connectivity index is 1.39. The summed E-state index contributed by atoms with van der Waals surface area (Å²) in [7, 11) is 0. The Bertz CT molecular complexity index is 944. The molecular weight excluding hydrogens is 382 g/mol. The van der Waals surface area contributed by atoms with Crippen molar-refractivity contribution in [3.63, 3.8) is 0 Å². The fraction of sp³-hybridized carbons (Fsp3) is 0.143. The average molecular weight is 400 g/mol. The molecule has 0 fully saturated rings. The number of benzene rings is 3. The molecule has 0 atom stereocenters. The Labute approximate surface area is 166 Å². The van der Waals surface area contributed by atoms with Gasteiger partial charge in [-0.2, -0.15) is 0 Å². The molecule has 0 radical (unpaired) electrons. The van der Waals surface area contributed by atoms with Crippen LogP contribution in [0.3, 0.4) is 0 Å². The smallest absolute Gasteiger partial charge is 0.316 e. The maximum Gasteiger partial charge on any atom is 0.316 e. The molecule has 0 heterocycles. The minimum absolute atomic E-state index is 0.156. The molecule has 138 valence electrons. The quantitative estimate of drug-likeness (QED) is 0.471. The second-order valence-electron chi connectivity index (χ2n) is 5.86. The van der Waals surface area contributed by atoms with E-state index in [2.05, 4.69) is 5.32 Å². The van der Waals surface area contributed by atoms with E-state index in [1.807, 2.05) is 54.6 Å². The number of fused-ring (bicyclic) bond motifs is 1. The van der Waals surface area contributed by atoms with Gasteiger partial charge in [0, 0.05) is 16.5 Å². The van der Waals surface area contributed by atoms with E-state index in [4.69, 9.17) is 16.3 Å². The van der Waals surface area contributed by atoms with E-state index in [0.717, 1.165) is 21.2 Å². The molecule has 6 heteroatoms. The minimum atomic E-state index is -0.421. The molecule has 1 amide bonds. The number of rotatable bonds is 7. The average Bonchev–Trinajstić information content (AvgIpc) is 2.70. The number of thioether (sulfide) groups is 1. The van der Waals surface area contributed by atoms with Crippen molar-refractivity contribution in [3.05, 3.63) is 77.3 Å². The number of halogens is 1. The van der Waals surface area contributed by atoms with E-state index in [9.17, 15) is 9.59 Å². The monoisotopic (exact) mass is 399 g/mol. The number of nitrogens with one attached hydrogen (secondary N) is 1. The summed E-state index contributed by atoms with van der Waals surface area (Å²) in [4.78, 5) is 24.6. The van der Waals surface area contributed by atoms with Gasteiger partial charge >= 0.3 is 5.97 Å². The number of esters is 1. The normalized spacial score (nSPS) is 10.6. The van der Waals surface area contributed by atoms with Gasteiger partial charge in [-0.15, -0.1) is 11.8 Å². The van der Waals surface area contributed by atoms with Crippen molar-refractivity contribution >= 4 is 46.0 Å². The lowest BCUT2D eigenvalue weighted by molar-refractivity contribution is -0.145. The molecule has 3 aromatic carbocycles. The van der Waals surface area contributed by atoms with E-state index >= 15 is 0 Å². The fourth-order valence-corrected chi connectivity index (χ4v) is 3.31. The summed E-state index contributed by atoms with van der Waals surface area (Å²) in [6.45, 7) is 0.0735. The van der Waals surface area contributed by atoms with Crippen molar-refractivity contribution in [2.45, 2.75) is 11.4 Å². The Morgan fingerprint density at radius 3 is 2.48 bits per heavy atom. The molecule has 0 saturated carbocycles. The van der Waals surface area contributed by atoms with Gasteiger partial charge in [0.1, 0.15) is 0 Å². The topological polar surface area (TPSA) is 55.4 Å². The van der Waals surface area contributed by atoms with Crippen LogP contribution in [0.4, 0.5) is 0 Å². The Morgan fingerprint density at radius 2 is 1.70 bits per heavy atom. The van der Waals surface area contributed by atoms with Gasteiger partial charge in [-0.1, -0.05) is 54.1 Å². The minimum Gasteiger partial charge on any atom is -0.455 e. The Morgan fingerprint density at radius 1 is 0.963 bits per heavy atom. The van der Waals surface area contributed by atoms with Crippen LogP contribution in [-0.2, 0) is 20.9 Å². The summed E-state index contributed by atoms with van der Waals surface area (Å²) in [5.74, 6) is -0.605. The molecule has 0 aromatic heterocycles. The highest BCUT2D eigenvalue weighted by Gasteiger charge is 2.08. The number of ether oxygens (including phenoxy) is 1. The third-order valence-electron chi connectivity index (χ3n) is 3.84. The third kappa shape index (κ3) is 6.01. The van der Waals surface area contributed by atoms with Crippen molar-refractivity contribution in [1.29, 1.82) is 0 Å². The third-order valence-corrected chi connectivity index (χ3v) is 5.06. The molecule has 0 unspecified atom stereocenters. The number of amides is 1. The van der Waals surface area contributed by atoms with E-state index in [1.54, 1.807) is 12.1 Å². The van der Waals surface area contributed by atoms with Gasteiger partial charge in [0.25, 0.3) is 5.91 Å². The van der Waals surface area contributed by atoms with Crippen molar-refractivity contribution in [3.8, 4) is 0 Å². The molecule has 0 aliphatic rings. The second-order valence-corrected chi connectivity index (χ2v) is 7.35. The van der Waals surface area contributed by atoms with Gasteiger partial charge in [0.15, 0.2) is 6.61 Å². The number of carbonyl (C=O) groups is 2. The first-order chi connectivity index (χ1) is 13.1. The van der Waals surface area contributed by atoms with E-state index in [1.165, 1.54) is 11.8 Å². The zero-order valence-electron chi connectivity index (χ0n) is 14.5. The van der Waals surface area contributed by atoms with Crippen molar-refractivity contribution in [2.24, 2.45) is 0 Å². The number of carbonyl (C=O) groups excluding carboxylic acids is 2. The van der Waals surface area contributed by atoms with Crippen molar-refractivity contribution in [1.82, 2.24) is 5.32 Å². The largest absolute Gasteiger partial charge is 0.455 e. The zero-order chi connectivity index (χ0) is 19.1. The highest BCUT2D eigenvalue weighted by atomic mass is 35.5. The lowest BCUT2D eigenvalue weighted by Crippen LogP contribution is -2.28. The molecule has 0 saturated heterocycles. The van der Waals surface area contributed by atoms with Crippen LogP contribution >= 0.6 is 23.4 Å². The standard InChI is InChI=1S/C21H18ClNO3S/c22-18-8-5-15(6-9-18)12-23-20(24)13-26-21(25)14-27-19-10-7-16-3-1-2-4-17(16)11-19/h1-11H,12-14H2,(H,23,24). The van der Waals surface area contributed by atoms with Gasteiger partial charge in [-0.05, 0) is 40.6 Å². The summed E-state index contributed by atoms with van der Waals surface area (Å²) >= 11 is 7.20. The summed E-state index contributed by atoms with van der Waals surface area (Å²) in [6.07, 6.45) is 0. The molecule has 27 heavy (non-hydrogen) atoms. The number of hydrogen-bond donors (Lipinski definition) is 1. The van der Waals surface area contributed by atoms with Crippen LogP contribution in [0.1, 0.15) is 5.56 Å². The molecule has 4 nitrogen and oxygen atoms in total. The van der Waals surface area contributed by atoms with Gasteiger partial charge in [0.05, 0.1) is 5.75 Å². The van der Waals surface area contributed by atoms with Crippen LogP contribution in [0, 0.1) is 0 Å². The van der Waals surface area contributed by atoms with Gasteiger partial charge in [-0.25, -0.2) is 0 Å². The van der Waals surface area contributed by atoms with Crippen LogP contribution < -0.4 is 5.32 Å². The van der Waals surface area contributed by atoms with Crippen molar-refractivity contribution in [2.75, 3.05) is 12.4 Å². The summed E-state index contributed by atoms with van der Waals surface area (Å²) in [5, 5.41) is 5.62. The molecule has 0 aliphatic carbocycles. The molecule has 3 rings (SSSR count). The maximum atomic E-state index is 11.9. The lowest BCUT2D eigenvalue weighted by atomic mass is 10.1. The number of hydrogen-bond acceptors (Lipinski definition) is 4. The Hall–Kier alpha value is -2.50. The van der Waals surface area contributed by atoms with Gasteiger partial charge < -0.3 is 10.1 Å². The zero-order valence-corrected chi connectivity index (χ0v) is 16.1. The maximum absolute atomic E-state index is 11.9. The summed E-state index contributed by atoms with van der Waals surface area (Å²) < 4.78 is 5.03. The Kier molecular flexibility index (Phi) is 6.74. The molecule has 1 N–H and O–H groups in total. The summed E-state index contributed by atoms with van der Waals surface area (Å²) in [5.41, 5.74) is 0.922. The van der Waals surface area contributed by atoms with Crippen LogP contribution in [0.15, 0.2) is 71.6 Å². The predicted octanol–water partition coefficient (Wildman–Crippen LogP) is 4.44. The first-order valence-electron chi connectivity index (χ1n) is 8.38. The molecule has 0 spiro atoms. The highest BCUT2D eigenvalue weighted by Crippen LogP contribution is 2.23. The van der Waals surface area contributed by atoms with E-state index < -0.39 is 5.97 Å². The first-order valence-corrected chi connectivity index (χ1v) is 9.75. The van der Waals surface area contributed by atoms with Crippen molar-refractivity contribution < 1.29 is 14.3 Å².